The van der Waals surface area contributed by atoms with Crippen LogP contribution in [0.25, 0.3) is 0 Å². The lowest BCUT2D eigenvalue weighted by atomic mass is 10.2. The second-order valence-corrected chi connectivity index (χ2v) is 3.65. The summed E-state index contributed by atoms with van der Waals surface area (Å²) in [5, 5.41) is 5.76. The van der Waals surface area contributed by atoms with Gasteiger partial charge in [-0.15, -0.1) is 0 Å². The molecule has 0 bridgehead atoms. The molecule has 1 heterocycles. The third-order valence-corrected chi connectivity index (χ3v) is 2.43. The largest absolute Gasteiger partial charge is 0.348 e. The first kappa shape index (κ1) is 11.1. The van der Waals surface area contributed by atoms with Crippen LogP contribution in [0.4, 0.5) is 0 Å². The van der Waals surface area contributed by atoms with Crippen molar-refractivity contribution in [1.82, 2.24) is 15.5 Å². The summed E-state index contributed by atoms with van der Waals surface area (Å²) < 4.78 is 0. The Morgan fingerprint density at radius 2 is 2.07 bits per heavy atom. The lowest BCUT2D eigenvalue weighted by Gasteiger charge is -2.25. The van der Waals surface area contributed by atoms with E-state index in [9.17, 15) is 9.59 Å². The fourth-order valence-electron chi connectivity index (χ4n) is 1.28. The molecule has 1 saturated heterocycles. The fourth-order valence-corrected chi connectivity index (χ4v) is 1.28. The summed E-state index contributed by atoms with van der Waals surface area (Å²) in [7, 11) is 1.85. The second-order valence-electron chi connectivity index (χ2n) is 3.65. The standard InChI is InChI=1S/C9H17N3O2/c1-7-5-10-3-4-11-9(14)8(13)6-12(7)2/h7,10H,3-6H2,1-2H3,(H,11,14). The van der Waals surface area contributed by atoms with Crippen molar-refractivity contribution in [2.45, 2.75) is 13.0 Å². The van der Waals surface area contributed by atoms with Crippen LogP contribution in [0.2, 0.25) is 0 Å². The molecule has 0 spiro atoms. The van der Waals surface area contributed by atoms with Gasteiger partial charge in [0.1, 0.15) is 0 Å². The van der Waals surface area contributed by atoms with E-state index in [0.717, 1.165) is 6.54 Å². The highest BCUT2D eigenvalue weighted by molar-refractivity contribution is 6.36. The zero-order valence-corrected chi connectivity index (χ0v) is 8.67. The predicted octanol–water partition coefficient (Wildman–Crippen LogP) is -1.40. The minimum Gasteiger partial charge on any atom is -0.348 e. The Labute approximate surface area is 83.8 Å². The van der Waals surface area contributed by atoms with E-state index in [4.69, 9.17) is 0 Å². The molecule has 1 fully saturated rings. The maximum Gasteiger partial charge on any atom is 0.288 e. The molecule has 1 aliphatic heterocycles. The van der Waals surface area contributed by atoms with Crippen molar-refractivity contribution >= 4 is 11.7 Å². The van der Waals surface area contributed by atoms with Gasteiger partial charge in [-0.1, -0.05) is 0 Å². The average molecular weight is 199 g/mol. The van der Waals surface area contributed by atoms with Crippen LogP contribution in [0.5, 0.6) is 0 Å². The van der Waals surface area contributed by atoms with E-state index in [0.29, 0.717) is 13.1 Å². The highest BCUT2D eigenvalue weighted by Gasteiger charge is 2.19. The summed E-state index contributed by atoms with van der Waals surface area (Å²) in [5.74, 6) is -0.839. The Hall–Kier alpha value is -0.940. The Kier molecular flexibility index (Phi) is 4.03. The minimum atomic E-state index is -0.479. The van der Waals surface area contributed by atoms with Gasteiger partial charge in [-0.3, -0.25) is 14.5 Å². The number of hydrogen-bond acceptors (Lipinski definition) is 4. The van der Waals surface area contributed by atoms with Gasteiger partial charge < -0.3 is 10.6 Å². The molecule has 1 atom stereocenters. The number of carbonyl (C=O) groups is 2. The molecule has 1 rings (SSSR count). The first-order valence-corrected chi connectivity index (χ1v) is 4.83. The molecule has 1 unspecified atom stereocenters. The Morgan fingerprint density at radius 3 is 2.79 bits per heavy atom. The molecule has 0 aliphatic carbocycles. The topological polar surface area (TPSA) is 61.4 Å². The van der Waals surface area contributed by atoms with E-state index < -0.39 is 5.91 Å². The van der Waals surface area contributed by atoms with Gasteiger partial charge in [-0.2, -0.15) is 0 Å². The van der Waals surface area contributed by atoms with E-state index >= 15 is 0 Å². The number of rotatable bonds is 0. The fraction of sp³-hybridized carbons (Fsp3) is 0.778. The molecule has 5 nitrogen and oxygen atoms in total. The van der Waals surface area contributed by atoms with Crippen LogP contribution in [0.15, 0.2) is 0 Å². The van der Waals surface area contributed by atoms with Crippen molar-refractivity contribution in [3.63, 3.8) is 0 Å². The smallest absolute Gasteiger partial charge is 0.288 e. The number of ketones is 1. The van der Waals surface area contributed by atoms with Crippen molar-refractivity contribution in [1.29, 1.82) is 0 Å². The Bertz CT molecular complexity index is 230. The first-order chi connectivity index (χ1) is 6.61. The zero-order chi connectivity index (χ0) is 10.6. The van der Waals surface area contributed by atoms with Crippen molar-refractivity contribution in [2.75, 3.05) is 33.2 Å². The van der Waals surface area contributed by atoms with E-state index in [-0.39, 0.29) is 18.4 Å². The number of hydrogen-bond donors (Lipinski definition) is 2. The molecule has 1 aliphatic rings. The van der Waals surface area contributed by atoms with Crippen LogP contribution in [-0.4, -0.2) is 55.9 Å². The van der Waals surface area contributed by atoms with Crippen molar-refractivity contribution in [2.24, 2.45) is 0 Å². The molecule has 5 heteroatoms. The van der Waals surface area contributed by atoms with E-state index in [1.807, 2.05) is 18.9 Å². The van der Waals surface area contributed by atoms with Gasteiger partial charge in [0.2, 0.25) is 5.78 Å². The molecule has 0 aromatic rings. The van der Waals surface area contributed by atoms with Gasteiger partial charge in [0, 0.05) is 25.7 Å². The van der Waals surface area contributed by atoms with Gasteiger partial charge in [0.25, 0.3) is 5.91 Å². The number of nitrogens with one attached hydrogen (secondary N) is 2. The van der Waals surface area contributed by atoms with Gasteiger partial charge >= 0.3 is 0 Å². The first-order valence-electron chi connectivity index (χ1n) is 4.83. The molecule has 0 radical (unpaired) electrons. The van der Waals surface area contributed by atoms with Gasteiger partial charge in [0.05, 0.1) is 6.54 Å². The van der Waals surface area contributed by atoms with Crippen LogP contribution in [-0.2, 0) is 9.59 Å². The quantitative estimate of drug-likeness (QED) is 0.471. The summed E-state index contributed by atoms with van der Waals surface area (Å²) in [6, 6.07) is 0.268. The predicted molar refractivity (Wildman–Crippen MR) is 53.0 cm³/mol. The molecule has 0 aromatic carbocycles. The second kappa shape index (κ2) is 5.07. The molecule has 80 valence electrons. The Balaban J connectivity index is 2.57. The van der Waals surface area contributed by atoms with Crippen LogP contribution >= 0.6 is 0 Å². The maximum absolute atomic E-state index is 11.3. The molecule has 0 saturated carbocycles. The van der Waals surface area contributed by atoms with Gasteiger partial charge in [-0.25, -0.2) is 0 Å². The summed E-state index contributed by atoms with van der Waals surface area (Å²) in [4.78, 5) is 24.4. The molecule has 2 N–H and O–H groups in total. The summed E-state index contributed by atoms with van der Waals surface area (Å²) in [6.45, 7) is 4.27. The van der Waals surface area contributed by atoms with Crippen molar-refractivity contribution < 1.29 is 9.59 Å². The monoisotopic (exact) mass is 199 g/mol. The van der Waals surface area contributed by atoms with Gasteiger partial charge in [-0.05, 0) is 14.0 Å². The number of amides is 1. The van der Waals surface area contributed by atoms with Crippen LogP contribution in [0.1, 0.15) is 6.92 Å². The number of likely N-dealkylation sites (N-methyl/N-ethyl adjacent to an activating group) is 1. The Morgan fingerprint density at radius 1 is 1.36 bits per heavy atom. The zero-order valence-electron chi connectivity index (χ0n) is 8.67. The normalized spacial score (nSPS) is 27.1. The SMILES string of the molecule is CC1CNCCNC(=O)C(=O)CN1C. The minimum absolute atomic E-state index is 0.189. The van der Waals surface area contributed by atoms with Crippen LogP contribution < -0.4 is 10.6 Å². The summed E-state index contributed by atoms with van der Waals surface area (Å²) in [5.41, 5.74) is 0. The maximum atomic E-state index is 11.3. The van der Waals surface area contributed by atoms with Crippen LogP contribution in [0, 0.1) is 0 Å². The lowest BCUT2D eigenvalue weighted by molar-refractivity contribution is -0.138. The molecular weight excluding hydrogens is 182 g/mol. The van der Waals surface area contributed by atoms with E-state index in [1.54, 1.807) is 0 Å². The van der Waals surface area contributed by atoms with Crippen molar-refractivity contribution in [3.05, 3.63) is 0 Å². The third-order valence-electron chi connectivity index (χ3n) is 2.43. The van der Waals surface area contributed by atoms with Gasteiger partial charge in [0.15, 0.2) is 0 Å². The lowest BCUT2D eigenvalue weighted by Crippen LogP contribution is -2.48. The molecule has 0 aromatic heterocycles. The van der Waals surface area contributed by atoms with Crippen molar-refractivity contribution in [3.8, 4) is 0 Å². The molecule has 14 heavy (non-hydrogen) atoms. The summed E-state index contributed by atoms with van der Waals surface area (Å²) in [6.07, 6.45) is 0. The highest BCUT2D eigenvalue weighted by atomic mass is 16.2. The number of carbonyl (C=O) groups excluding carboxylic acids is 2. The van der Waals surface area contributed by atoms with E-state index in [1.165, 1.54) is 0 Å². The summed E-state index contributed by atoms with van der Waals surface area (Å²) >= 11 is 0. The highest BCUT2D eigenvalue weighted by Crippen LogP contribution is 1.94. The number of Topliss-reactive ketones (excluding diaryl/α,β-unsaturated/α-hetero) is 1. The van der Waals surface area contributed by atoms with E-state index in [2.05, 4.69) is 10.6 Å². The average Bonchev–Trinajstić information content (AvgIpc) is 2.15. The number of nitrogens with zero attached hydrogens (tertiary/aromatic N) is 1. The third kappa shape index (κ3) is 3.08. The molecular formula is C9H17N3O2. The molecule has 1 amide bonds. The van der Waals surface area contributed by atoms with Crippen LogP contribution in [0.3, 0.4) is 0 Å².